The molecule has 0 aliphatic rings. The highest BCUT2D eigenvalue weighted by Gasteiger charge is 2.30. The minimum atomic E-state index is -1.24. The predicted molar refractivity (Wildman–Crippen MR) is 197 cm³/mol. The van der Waals surface area contributed by atoms with Crippen LogP contribution in [0.3, 0.4) is 0 Å². The number of hydrogen-bond donors (Lipinski definition) is 3. The van der Waals surface area contributed by atoms with Crippen molar-refractivity contribution in [1.82, 2.24) is 34.6 Å². The smallest absolute Gasteiger partial charge is 0.428 e. The number of Topliss-reactive ketones (excluding diaryl/α,β-unsaturated/α-hetero) is 1. The minimum Gasteiger partial charge on any atom is -0.465 e. The number of hydrogen-bond acceptors (Lipinski definition) is 10. The topological polar surface area (TPSA) is 185 Å². The molecule has 0 aliphatic heterocycles. The summed E-state index contributed by atoms with van der Waals surface area (Å²) in [6.45, 7) is 15.4. The van der Waals surface area contributed by atoms with Gasteiger partial charge in [0.1, 0.15) is 29.0 Å². The third-order valence-electron chi connectivity index (χ3n) is 7.48. The number of hydrazine groups is 1. The van der Waals surface area contributed by atoms with Crippen LogP contribution in [0.4, 0.5) is 21.2 Å². The second kappa shape index (κ2) is 15.1. The van der Waals surface area contributed by atoms with E-state index >= 15 is 0 Å². The SMILES string of the molecule is CC(=O)c1c(NN(C)C(=O)OC(C)(C)C)nc(C)nc1-c1cc(C#Cc2ccc3c(cnn3C)c2)nc(NC(=O)C(C)N(CC(C)(C)C)C(=O)O)c1. The third kappa shape index (κ3) is 9.81. The number of carboxylic acid groups (broad SMARTS) is 1. The molecule has 1 atom stereocenters. The van der Waals surface area contributed by atoms with Gasteiger partial charge in [-0.25, -0.2) is 29.5 Å². The van der Waals surface area contributed by atoms with E-state index in [0.29, 0.717) is 11.1 Å². The van der Waals surface area contributed by atoms with Crippen molar-refractivity contribution in [2.24, 2.45) is 12.5 Å². The molecule has 0 spiro atoms. The van der Waals surface area contributed by atoms with Gasteiger partial charge in [0.15, 0.2) is 11.6 Å². The maximum atomic E-state index is 13.5. The van der Waals surface area contributed by atoms with Crippen molar-refractivity contribution in [3.63, 3.8) is 0 Å². The van der Waals surface area contributed by atoms with Crippen LogP contribution >= 0.6 is 0 Å². The Morgan fingerprint density at radius 2 is 1.71 bits per heavy atom. The molecule has 274 valence electrons. The second-order valence-electron chi connectivity index (χ2n) is 14.6. The van der Waals surface area contributed by atoms with Gasteiger partial charge in [-0.05, 0) is 83.2 Å². The number of pyridine rings is 1. The van der Waals surface area contributed by atoms with Gasteiger partial charge in [-0.3, -0.25) is 24.6 Å². The normalized spacial score (nSPS) is 12.0. The number of benzene rings is 1. The van der Waals surface area contributed by atoms with Gasteiger partial charge in [0.25, 0.3) is 0 Å². The number of carbonyl (C=O) groups is 4. The zero-order chi connectivity index (χ0) is 38.7. The average molecular weight is 712 g/mol. The highest BCUT2D eigenvalue weighted by atomic mass is 16.6. The Morgan fingerprint density at radius 3 is 2.33 bits per heavy atom. The molecular formula is C37H45N9O6. The van der Waals surface area contributed by atoms with E-state index in [1.165, 1.54) is 27.0 Å². The zero-order valence-electron chi connectivity index (χ0n) is 31.4. The maximum Gasteiger partial charge on any atom is 0.428 e. The fraction of sp³-hybridized carbons (Fsp3) is 0.405. The number of amides is 3. The van der Waals surface area contributed by atoms with Crippen molar-refractivity contribution in [3.05, 3.63) is 59.2 Å². The summed E-state index contributed by atoms with van der Waals surface area (Å²) in [6, 6.07) is 7.70. The van der Waals surface area contributed by atoms with Gasteiger partial charge in [-0.15, -0.1) is 0 Å². The number of nitrogens with zero attached hydrogens (tertiary/aromatic N) is 7. The fourth-order valence-corrected chi connectivity index (χ4v) is 5.16. The van der Waals surface area contributed by atoms with E-state index < -0.39 is 40.9 Å². The standard InChI is InChI=1S/C37H45N9O6/c1-21(46(34(49)50)20-36(4,5)6)33(48)42-29-18-25(17-27(41-29)14-12-24-13-15-28-26(16-24)19-38-44(28)10)31-30(22(2)47)32(40-23(3)39-31)43-45(11)35(51)52-37(7,8)9/h13,15-19,21H,20H2,1-11H3,(H,49,50)(H,39,40,43)(H,41,42,48). The van der Waals surface area contributed by atoms with Gasteiger partial charge < -0.3 is 15.2 Å². The molecule has 15 heteroatoms. The van der Waals surface area contributed by atoms with Crippen LogP contribution in [0.25, 0.3) is 22.2 Å². The largest absolute Gasteiger partial charge is 0.465 e. The van der Waals surface area contributed by atoms with Crippen molar-refractivity contribution < 1.29 is 29.0 Å². The molecule has 15 nitrogen and oxygen atoms in total. The highest BCUT2D eigenvalue weighted by molar-refractivity contribution is 6.04. The van der Waals surface area contributed by atoms with E-state index in [2.05, 4.69) is 42.6 Å². The van der Waals surface area contributed by atoms with E-state index in [0.717, 1.165) is 20.8 Å². The number of carbonyl (C=O) groups excluding carboxylic acids is 3. The Labute approximate surface area is 302 Å². The number of nitrogens with one attached hydrogen (secondary N) is 2. The van der Waals surface area contributed by atoms with Crippen LogP contribution in [-0.4, -0.2) is 88.9 Å². The maximum absolute atomic E-state index is 13.5. The van der Waals surface area contributed by atoms with E-state index in [4.69, 9.17) is 4.74 Å². The number of ether oxygens (including phenoxy) is 1. The molecule has 3 amide bonds. The summed E-state index contributed by atoms with van der Waals surface area (Å²) in [7, 11) is 3.28. The molecule has 0 fully saturated rings. The number of aryl methyl sites for hydroxylation is 2. The van der Waals surface area contributed by atoms with Crippen molar-refractivity contribution in [1.29, 1.82) is 0 Å². The summed E-state index contributed by atoms with van der Waals surface area (Å²) in [5.41, 5.74) is 4.11. The summed E-state index contributed by atoms with van der Waals surface area (Å²) >= 11 is 0. The van der Waals surface area contributed by atoms with Crippen molar-refractivity contribution in [2.45, 2.75) is 74.0 Å². The molecule has 0 saturated carbocycles. The minimum absolute atomic E-state index is 0.0496. The lowest BCUT2D eigenvalue weighted by Gasteiger charge is -2.31. The quantitative estimate of drug-likeness (QED) is 0.113. The van der Waals surface area contributed by atoms with Crippen LogP contribution in [0.1, 0.15) is 82.8 Å². The highest BCUT2D eigenvalue weighted by Crippen LogP contribution is 2.30. The van der Waals surface area contributed by atoms with Crippen LogP contribution in [0.15, 0.2) is 36.5 Å². The molecule has 0 radical (unpaired) electrons. The first kappa shape index (κ1) is 38.8. The Hall–Kier alpha value is -6.04. The van der Waals surface area contributed by atoms with E-state index in [-0.39, 0.29) is 41.0 Å². The molecule has 4 aromatic rings. The first-order valence-corrected chi connectivity index (χ1v) is 16.5. The third-order valence-corrected chi connectivity index (χ3v) is 7.48. The molecule has 1 aromatic carbocycles. The number of ketones is 1. The second-order valence-corrected chi connectivity index (χ2v) is 14.6. The lowest BCUT2D eigenvalue weighted by molar-refractivity contribution is -0.120. The van der Waals surface area contributed by atoms with E-state index in [1.807, 2.05) is 46.0 Å². The van der Waals surface area contributed by atoms with Crippen LogP contribution in [0, 0.1) is 24.2 Å². The summed E-state index contributed by atoms with van der Waals surface area (Å²) in [4.78, 5) is 66.3. The van der Waals surface area contributed by atoms with Crippen LogP contribution in [-0.2, 0) is 16.6 Å². The first-order valence-electron chi connectivity index (χ1n) is 16.5. The molecule has 3 N–H and O–H groups in total. The molecule has 0 bridgehead atoms. The number of aromatic nitrogens is 5. The summed E-state index contributed by atoms with van der Waals surface area (Å²) < 4.78 is 7.19. The molecule has 0 aliphatic carbocycles. The molecule has 52 heavy (non-hydrogen) atoms. The fourth-order valence-electron chi connectivity index (χ4n) is 5.16. The van der Waals surface area contributed by atoms with Crippen molar-refractivity contribution in [3.8, 4) is 23.1 Å². The monoisotopic (exact) mass is 711 g/mol. The van der Waals surface area contributed by atoms with Crippen LogP contribution < -0.4 is 10.7 Å². The van der Waals surface area contributed by atoms with Crippen molar-refractivity contribution >= 4 is 46.4 Å². The Bertz CT molecular complexity index is 2100. The molecule has 1 unspecified atom stereocenters. The molecule has 3 aromatic heterocycles. The van der Waals surface area contributed by atoms with Gasteiger partial charge in [-0.1, -0.05) is 26.7 Å². The molecule has 3 heterocycles. The van der Waals surface area contributed by atoms with Gasteiger partial charge in [0, 0.05) is 37.2 Å². The molecular weight excluding hydrogens is 666 g/mol. The summed E-state index contributed by atoms with van der Waals surface area (Å²) in [5, 5.41) is 18.9. The predicted octanol–water partition coefficient (Wildman–Crippen LogP) is 5.88. The number of fused-ring (bicyclic) bond motifs is 1. The summed E-state index contributed by atoms with van der Waals surface area (Å²) in [5.74, 6) is 5.49. The number of anilines is 2. The van der Waals surface area contributed by atoms with Gasteiger partial charge in [0.05, 0.1) is 23.0 Å². The first-order chi connectivity index (χ1) is 24.1. The lowest BCUT2D eigenvalue weighted by atomic mass is 9.95. The Morgan fingerprint density at radius 1 is 1.02 bits per heavy atom. The summed E-state index contributed by atoms with van der Waals surface area (Å²) in [6.07, 6.45) is -0.206. The molecule has 4 rings (SSSR count). The van der Waals surface area contributed by atoms with Crippen LogP contribution in [0.5, 0.6) is 0 Å². The Balaban J connectivity index is 1.83. The zero-order valence-corrected chi connectivity index (χ0v) is 31.4. The Kier molecular flexibility index (Phi) is 11.2. The van der Waals surface area contributed by atoms with E-state index in [1.54, 1.807) is 44.6 Å². The van der Waals surface area contributed by atoms with Crippen LogP contribution in [0.2, 0.25) is 0 Å². The number of rotatable bonds is 8. The van der Waals surface area contributed by atoms with E-state index in [9.17, 15) is 24.3 Å². The van der Waals surface area contributed by atoms with Gasteiger partial charge >= 0.3 is 12.2 Å². The van der Waals surface area contributed by atoms with Gasteiger partial charge in [-0.2, -0.15) is 5.10 Å². The van der Waals surface area contributed by atoms with Crippen molar-refractivity contribution in [2.75, 3.05) is 24.3 Å². The lowest BCUT2D eigenvalue weighted by Crippen LogP contribution is -2.48. The average Bonchev–Trinajstić information content (AvgIpc) is 3.39. The molecule has 0 saturated heterocycles. The van der Waals surface area contributed by atoms with Gasteiger partial charge in [0.2, 0.25) is 5.91 Å².